The molecule has 4 heteroatoms. The van der Waals surface area contributed by atoms with E-state index in [4.69, 9.17) is 4.42 Å². The smallest absolute Gasteiger partial charge is 0.248 e. The molecule has 0 bridgehead atoms. The summed E-state index contributed by atoms with van der Waals surface area (Å²) in [6.45, 7) is 0. The van der Waals surface area contributed by atoms with E-state index in [0.717, 1.165) is 22.3 Å². The lowest BCUT2D eigenvalue weighted by atomic mass is 9.67. The number of hydrogen-bond donors (Lipinski definition) is 0. The molecule has 374 valence electrons. The van der Waals surface area contributed by atoms with Crippen molar-refractivity contribution in [3.05, 3.63) is 336 Å². The molecule has 0 radical (unpaired) electrons. The van der Waals surface area contributed by atoms with Crippen molar-refractivity contribution in [1.82, 2.24) is 10.2 Å². The molecule has 2 aromatic heterocycles. The summed E-state index contributed by atoms with van der Waals surface area (Å²) in [4.78, 5) is 0. The minimum Gasteiger partial charge on any atom is -0.416 e. The van der Waals surface area contributed by atoms with Gasteiger partial charge in [0.2, 0.25) is 11.8 Å². The van der Waals surface area contributed by atoms with Gasteiger partial charge >= 0.3 is 0 Å². The maximum absolute atomic E-state index is 6.25. The lowest BCUT2D eigenvalue weighted by Crippen LogP contribution is -2.28. The quantitative estimate of drug-likeness (QED) is 0.145. The summed E-state index contributed by atoms with van der Waals surface area (Å²) >= 11 is 1.86. The van der Waals surface area contributed by atoms with E-state index >= 15 is 0 Å². The molecule has 2 aliphatic rings. The summed E-state index contributed by atoms with van der Waals surface area (Å²) in [6, 6.07) is 107. The van der Waals surface area contributed by atoms with Gasteiger partial charge in [0, 0.05) is 36.9 Å². The molecule has 16 rings (SSSR count). The summed E-state index contributed by atoms with van der Waals surface area (Å²) < 4.78 is 8.74. The lowest BCUT2D eigenvalue weighted by Gasteiger charge is -2.34. The number of aromatic nitrogens is 2. The molecule has 3 nitrogen and oxygen atoms in total. The zero-order valence-corrected chi connectivity index (χ0v) is 44.2. The third-order valence-electron chi connectivity index (χ3n) is 17.0. The Morgan fingerprint density at radius 3 is 1.15 bits per heavy atom. The van der Waals surface area contributed by atoms with Crippen molar-refractivity contribution in [1.29, 1.82) is 0 Å². The highest BCUT2D eigenvalue weighted by Crippen LogP contribution is 2.59. The second-order valence-electron chi connectivity index (χ2n) is 21.1. The van der Waals surface area contributed by atoms with Gasteiger partial charge in [-0.15, -0.1) is 21.5 Å². The molecule has 0 atom stereocenters. The Morgan fingerprint density at radius 1 is 0.263 bits per heavy atom. The molecule has 0 amide bonds. The molecule has 14 aromatic rings. The van der Waals surface area contributed by atoms with E-state index < -0.39 is 10.8 Å². The first-order valence-electron chi connectivity index (χ1n) is 27.4. The molecule has 0 unspecified atom stereocenters. The largest absolute Gasteiger partial charge is 0.416 e. The van der Waals surface area contributed by atoms with E-state index in [2.05, 4.69) is 271 Å². The Hall–Kier alpha value is -10.0. The van der Waals surface area contributed by atoms with Crippen LogP contribution in [0.5, 0.6) is 0 Å². The van der Waals surface area contributed by atoms with E-state index in [1.165, 1.54) is 109 Å². The summed E-state index contributed by atoms with van der Waals surface area (Å²) in [6.07, 6.45) is 0. The van der Waals surface area contributed by atoms with Crippen molar-refractivity contribution < 1.29 is 4.42 Å². The summed E-state index contributed by atoms with van der Waals surface area (Å²) in [5.74, 6) is 0.991. The number of fused-ring (bicyclic) bond motifs is 9. The van der Waals surface area contributed by atoms with Crippen molar-refractivity contribution in [2.45, 2.75) is 10.8 Å². The first-order valence-corrected chi connectivity index (χ1v) is 28.2. The molecular formula is C76H48N2OS. The van der Waals surface area contributed by atoms with Gasteiger partial charge in [-0.1, -0.05) is 231 Å². The van der Waals surface area contributed by atoms with E-state index in [9.17, 15) is 0 Å². The molecule has 2 heterocycles. The monoisotopic (exact) mass is 1040 g/mol. The minimum absolute atomic E-state index is 0.489. The van der Waals surface area contributed by atoms with Crippen LogP contribution in [-0.2, 0) is 10.8 Å². The first-order chi connectivity index (χ1) is 39.6. The zero-order valence-electron chi connectivity index (χ0n) is 43.4. The third-order valence-corrected chi connectivity index (χ3v) is 18.3. The van der Waals surface area contributed by atoms with Gasteiger partial charge in [0.1, 0.15) is 0 Å². The van der Waals surface area contributed by atoms with Gasteiger partial charge in [0.15, 0.2) is 0 Å². The third kappa shape index (κ3) is 6.92. The van der Waals surface area contributed by atoms with Crippen molar-refractivity contribution in [3.63, 3.8) is 0 Å². The molecule has 0 fully saturated rings. The van der Waals surface area contributed by atoms with E-state index in [1.54, 1.807) is 0 Å². The summed E-state index contributed by atoms with van der Waals surface area (Å²) in [7, 11) is 0. The topological polar surface area (TPSA) is 38.9 Å². The normalized spacial score (nSPS) is 13.4. The molecule has 0 aliphatic heterocycles. The average molecular weight is 1040 g/mol. The lowest BCUT2D eigenvalue weighted by molar-refractivity contribution is 0.584. The fourth-order valence-corrected chi connectivity index (χ4v) is 14.7. The first kappa shape index (κ1) is 46.1. The van der Waals surface area contributed by atoms with Crippen LogP contribution in [0, 0.1) is 0 Å². The van der Waals surface area contributed by atoms with Crippen molar-refractivity contribution in [2.24, 2.45) is 0 Å². The molecule has 0 saturated carbocycles. The van der Waals surface area contributed by atoms with Crippen LogP contribution in [0.1, 0.15) is 44.5 Å². The maximum atomic E-state index is 6.25. The molecule has 0 spiro atoms. The standard InChI is InChI=1S/C76H48N2OS/c1-6-20-50(21-7-1)73-77-78-74(79-73)51-36-34-49(35-37-51)64-45-55(54-39-42-63-61-31-17-19-33-68(61)76(70(63)48-54,58-26-12-4-13-27-58)59-28-14-5-15-29-59)46-66-65-44-52(40-43-71(65)80-72(64)66)53-38-41-62-60-30-16-18-32-67(60)75(69(62)47-53,56-22-8-2-9-23-56)57-24-10-3-11-25-57/h1-48H. The Kier molecular flexibility index (Phi) is 10.6. The average Bonchev–Trinajstić information content (AvgIpc) is 3.79. The predicted molar refractivity (Wildman–Crippen MR) is 329 cm³/mol. The Bertz CT molecular complexity index is 4600. The molecule has 12 aromatic carbocycles. The van der Waals surface area contributed by atoms with Crippen LogP contribution in [-0.4, -0.2) is 10.2 Å². The number of benzene rings is 12. The van der Waals surface area contributed by atoms with Crippen molar-refractivity contribution >= 4 is 31.5 Å². The van der Waals surface area contributed by atoms with Crippen LogP contribution >= 0.6 is 11.3 Å². The number of rotatable bonds is 9. The Labute approximate surface area is 468 Å². The highest BCUT2D eigenvalue weighted by Gasteiger charge is 2.47. The summed E-state index contributed by atoms with van der Waals surface area (Å²) in [5, 5.41) is 11.4. The molecule has 2 aliphatic carbocycles. The van der Waals surface area contributed by atoms with Gasteiger partial charge in [-0.3, -0.25) is 0 Å². The molecule has 80 heavy (non-hydrogen) atoms. The van der Waals surface area contributed by atoms with Gasteiger partial charge in [-0.25, -0.2) is 0 Å². The zero-order chi connectivity index (χ0) is 52.8. The Morgan fingerprint density at radius 2 is 0.637 bits per heavy atom. The molecular weight excluding hydrogens is 989 g/mol. The minimum atomic E-state index is -0.526. The second-order valence-corrected chi connectivity index (χ2v) is 22.2. The molecule has 0 N–H and O–H groups in total. The fraction of sp³-hybridized carbons (Fsp3) is 0.0263. The Balaban J connectivity index is 0.894. The highest BCUT2D eigenvalue weighted by molar-refractivity contribution is 7.26. The van der Waals surface area contributed by atoms with Crippen LogP contribution in [0.15, 0.2) is 296 Å². The maximum Gasteiger partial charge on any atom is 0.248 e. The summed E-state index contributed by atoms with van der Waals surface area (Å²) in [5.41, 5.74) is 23.0. The van der Waals surface area contributed by atoms with Gasteiger partial charge in [-0.05, 0) is 155 Å². The van der Waals surface area contributed by atoms with Crippen LogP contribution < -0.4 is 0 Å². The van der Waals surface area contributed by atoms with Gasteiger partial charge in [0.25, 0.3) is 0 Å². The molecule has 0 saturated heterocycles. The fourth-order valence-electron chi connectivity index (χ4n) is 13.5. The van der Waals surface area contributed by atoms with Gasteiger partial charge < -0.3 is 4.42 Å². The SMILES string of the molecule is c1ccc(-c2nnc(-c3ccc(-c4cc(-c5ccc6c(c5)C(c5ccccc5)(c5ccccc5)c5ccccc5-6)cc5c4sc4ccc(-c6ccc7c(c6)C(c6ccccc6)(c6ccccc6)c6ccccc6-7)cc45)cc3)o2)cc1. The second kappa shape index (κ2) is 18.3. The number of thiophene rings is 1. The number of nitrogens with zero attached hydrogens (tertiary/aromatic N) is 2. The van der Waals surface area contributed by atoms with Crippen LogP contribution in [0.3, 0.4) is 0 Å². The number of hydrogen-bond acceptors (Lipinski definition) is 4. The predicted octanol–water partition coefficient (Wildman–Crippen LogP) is 19.5. The van der Waals surface area contributed by atoms with Crippen molar-refractivity contribution in [2.75, 3.05) is 0 Å². The van der Waals surface area contributed by atoms with Gasteiger partial charge in [0.05, 0.1) is 10.8 Å². The van der Waals surface area contributed by atoms with E-state index in [-0.39, 0.29) is 0 Å². The highest BCUT2D eigenvalue weighted by atomic mass is 32.1. The van der Waals surface area contributed by atoms with Crippen LogP contribution in [0.25, 0.3) is 98.7 Å². The van der Waals surface area contributed by atoms with Gasteiger partial charge in [-0.2, -0.15) is 0 Å². The van der Waals surface area contributed by atoms with Crippen molar-refractivity contribution in [3.8, 4) is 78.5 Å². The van der Waals surface area contributed by atoms with E-state index in [0.29, 0.717) is 11.8 Å². The van der Waals surface area contributed by atoms with Crippen LogP contribution in [0.4, 0.5) is 0 Å². The van der Waals surface area contributed by atoms with E-state index in [1.807, 2.05) is 41.7 Å². The van der Waals surface area contributed by atoms with Crippen LogP contribution in [0.2, 0.25) is 0 Å².